The molecular formula is C11H23NO2Si. The smallest absolute Gasteiger partial charge is 0.192 e. The molecule has 1 aliphatic rings. The lowest BCUT2D eigenvalue weighted by Gasteiger charge is -2.37. The van der Waals surface area contributed by atoms with E-state index < -0.39 is 8.32 Å². The third-order valence-corrected chi connectivity index (χ3v) is 8.12. The lowest BCUT2D eigenvalue weighted by atomic mass is 10.2. The van der Waals surface area contributed by atoms with Crippen molar-refractivity contribution in [3.63, 3.8) is 0 Å². The summed E-state index contributed by atoms with van der Waals surface area (Å²) in [5, 5.41) is 11.6. The first-order chi connectivity index (χ1) is 6.63. The molecule has 88 valence electrons. The second kappa shape index (κ2) is 3.90. The second-order valence-corrected chi connectivity index (χ2v) is 10.8. The molecule has 0 N–H and O–H groups in total. The van der Waals surface area contributed by atoms with Gasteiger partial charge in [0.25, 0.3) is 0 Å². The van der Waals surface area contributed by atoms with Crippen LogP contribution in [0, 0.1) is 5.21 Å². The van der Waals surface area contributed by atoms with Gasteiger partial charge in [-0.25, -0.2) is 4.74 Å². The molecule has 0 aromatic heterocycles. The number of hydrogen-bond donors (Lipinski definition) is 0. The maximum atomic E-state index is 11.3. The fourth-order valence-corrected chi connectivity index (χ4v) is 2.85. The molecule has 15 heavy (non-hydrogen) atoms. The highest BCUT2D eigenvalue weighted by molar-refractivity contribution is 6.74. The fourth-order valence-electron chi connectivity index (χ4n) is 1.51. The van der Waals surface area contributed by atoms with E-state index in [4.69, 9.17) is 4.43 Å². The van der Waals surface area contributed by atoms with Crippen LogP contribution in [-0.2, 0) is 4.43 Å². The second-order valence-electron chi connectivity index (χ2n) is 6.00. The highest BCUT2D eigenvalue weighted by Gasteiger charge is 2.41. The number of hydroxylamine groups is 1. The molecule has 1 aliphatic heterocycles. The molecule has 0 bridgehead atoms. The normalized spacial score (nSPS) is 23.7. The molecule has 0 saturated carbocycles. The summed E-state index contributed by atoms with van der Waals surface area (Å²) in [6.07, 6.45) is 0.916. The summed E-state index contributed by atoms with van der Waals surface area (Å²) in [7, 11) is -1.71. The minimum Gasteiger partial charge on any atom is -0.624 e. The zero-order chi connectivity index (χ0) is 11.9. The molecule has 0 unspecified atom stereocenters. The molecule has 0 spiro atoms. The van der Waals surface area contributed by atoms with Gasteiger partial charge in [0.05, 0.1) is 6.42 Å². The summed E-state index contributed by atoms with van der Waals surface area (Å²) in [5.41, 5.74) is 0.902. The van der Waals surface area contributed by atoms with Gasteiger partial charge in [-0.15, -0.1) is 0 Å². The molecule has 1 rings (SSSR count). The van der Waals surface area contributed by atoms with Crippen LogP contribution in [0.3, 0.4) is 0 Å². The Morgan fingerprint density at radius 2 is 1.93 bits per heavy atom. The molecule has 0 amide bonds. The Morgan fingerprint density at radius 1 is 1.40 bits per heavy atom. The van der Waals surface area contributed by atoms with Crippen LogP contribution in [0.4, 0.5) is 0 Å². The van der Waals surface area contributed by atoms with Crippen molar-refractivity contribution in [2.75, 3.05) is 6.54 Å². The van der Waals surface area contributed by atoms with E-state index in [2.05, 4.69) is 33.9 Å². The molecule has 0 saturated heterocycles. The Morgan fingerprint density at radius 3 is 2.27 bits per heavy atom. The van der Waals surface area contributed by atoms with Crippen LogP contribution in [0.15, 0.2) is 0 Å². The standard InChI is InChI=1S/C11H23NO2Si/c1-9-7-10(8-12(9)13)14-15(5,6)11(2,3)4/h10H,7-8H2,1-6H3/t10-/m1/s1. The van der Waals surface area contributed by atoms with Gasteiger partial charge in [-0.1, -0.05) is 20.8 Å². The summed E-state index contributed by atoms with van der Waals surface area (Å²) >= 11 is 0. The average Bonchev–Trinajstić information content (AvgIpc) is 2.27. The summed E-state index contributed by atoms with van der Waals surface area (Å²) in [6, 6.07) is 0. The van der Waals surface area contributed by atoms with Gasteiger partial charge >= 0.3 is 0 Å². The quantitative estimate of drug-likeness (QED) is 0.414. The van der Waals surface area contributed by atoms with Crippen molar-refractivity contribution < 1.29 is 9.16 Å². The predicted octanol–water partition coefficient (Wildman–Crippen LogP) is 2.75. The molecule has 0 radical (unpaired) electrons. The Hall–Kier alpha value is -0.353. The van der Waals surface area contributed by atoms with E-state index in [1.807, 2.05) is 6.92 Å². The average molecular weight is 229 g/mol. The minimum absolute atomic E-state index is 0.114. The SMILES string of the molecule is CC1=[N+]([O-])C[C@H](O[Si](C)(C)C(C)(C)C)C1. The Bertz CT molecular complexity index is 265. The van der Waals surface area contributed by atoms with Gasteiger partial charge in [-0.2, -0.15) is 0 Å². The Kier molecular flexibility index (Phi) is 3.31. The molecule has 0 aliphatic carbocycles. The summed E-state index contributed by atoms with van der Waals surface area (Å²) in [5.74, 6) is 0. The summed E-state index contributed by atoms with van der Waals surface area (Å²) in [6.45, 7) is 13.5. The van der Waals surface area contributed by atoms with Gasteiger partial charge in [-0.05, 0) is 18.1 Å². The highest BCUT2D eigenvalue weighted by atomic mass is 28.4. The van der Waals surface area contributed by atoms with Crippen molar-refractivity contribution in [2.45, 2.75) is 58.4 Å². The van der Waals surface area contributed by atoms with Crippen molar-refractivity contribution in [3.05, 3.63) is 5.21 Å². The van der Waals surface area contributed by atoms with Crippen molar-refractivity contribution in [1.82, 2.24) is 0 Å². The van der Waals surface area contributed by atoms with E-state index >= 15 is 0 Å². The van der Waals surface area contributed by atoms with Gasteiger partial charge in [0, 0.05) is 6.92 Å². The minimum atomic E-state index is -1.71. The zero-order valence-electron chi connectivity index (χ0n) is 10.8. The van der Waals surface area contributed by atoms with Crippen LogP contribution in [0.25, 0.3) is 0 Å². The molecule has 4 heteroatoms. The van der Waals surface area contributed by atoms with E-state index in [-0.39, 0.29) is 11.1 Å². The topological polar surface area (TPSA) is 35.3 Å². The molecule has 1 heterocycles. The van der Waals surface area contributed by atoms with Crippen LogP contribution in [0.2, 0.25) is 18.1 Å². The van der Waals surface area contributed by atoms with Gasteiger partial charge in [-0.3, -0.25) is 0 Å². The molecule has 0 aromatic rings. The van der Waals surface area contributed by atoms with E-state index in [1.54, 1.807) is 0 Å². The highest BCUT2D eigenvalue weighted by Crippen LogP contribution is 2.38. The van der Waals surface area contributed by atoms with Crippen LogP contribution in [0.5, 0.6) is 0 Å². The summed E-state index contributed by atoms with van der Waals surface area (Å²) in [4.78, 5) is 0. The number of hydrogen-bond acceptors (Lipinski definition) is 2. The zero-order valence-corrected chi connectivity index (χ0v) is 11.8. The van der Waals surface area contributed by atoms with Crippen molar-refractivity contribution in [3.8, 4) is 0 Å². The number of nitrogens with zero attached hydrogens (tertiary/aromatic N) is 1. The predicted molar refractivity (Wildman–Crippen MR) is 65.9 cm³/mol. The maximum absolute atomic E-state index is 11.3. The first-order valence-corrected chi connectivity index (χ1v) is 8.49. The monoisotopic (exact) mass is 229 g/mol. The number of rotatable bonds is 2. The van der Waals surface area contributed by atoms with Crippen LogP contribution >= 0.6 is 0 Å². The third kappa shape index (κ3) is 2.81. The van der Waals surface area contributed by atoms with Crippen molar-refractivity contribution >= 4 is 14.0 Å². The van der Waals surface area contributed by atoms with E-state index in [0.29, 0.717) is 6.54 Å². The van der Waals surface area contributed by atoms with E-state index in [1.165, 1.54) is 0 Å². The molecule has 0 fully saturated rings. The Labute approximate surface area is 93.9 Å². The van der Waals surface area contributed by atoms with Crippen molar-refractivity contribution in [1.29, 1.82) is 0 Å². The lowest BCUT2D eigenvalue weighted by Crippen LogP contribution is -2.44. The van der Waals surface area contributed by atoms with Gasteiger partial charge in [0.1, 0.15) is 6.10 Å². The first-order valence-electron chi connectivity index (χ1n) is 5.58. The van der Waals surface area contributed by atoms with Crippen LogP contribution in [0.1, 0.15) is 34.1 Å². The van der Waals surface area contributed by atoms with Gasteiger partial charge in [0.2, 0.25) is 0 Å². The molecule has 3 nitrogen and oxygen atoms in total. The molecular weight excluding hydrogens is 206 g/mol. The molecule has 1 atom stereocenters. The Balaban J connectivity index is 2.59. The van der Waals surface area contributed by atoms with Crippen LogP contribution < -0.4 is 0 Å². The van der Waals surface area contributed by atoms with Gasteiger partial charge in [0.15, 0.2) is 20.6 Å². The van der Waals surface area contributed by atoms with Crippen LogP contribution in [-0.4, -0.2) is 31.4 Å². The van der Waals surface area contributed by atoms with Gasteiger partial charge < -0.3 is 9.63 Å². The largest absolute Gasteiger partial charge is 0.624 e. The fraction of sp³-hybridized carbons (Fsp3) is 0.909. The summed E-state index contributed by atoms with van der Waals surface area (Å²) < 4.78 is 7.25. The first kappa shape index (κ1) is 12.7. The van der Waals surface area contributed by atoms with E-state index in [0.717, 1.165) is 16.9 Å². The lowest BCUT2D eigenvalue weighted by molar-refractivity contribution is -0.456. The van der Waals surface area contributed by atoms with E-state index in [9.17, 15) is 5.21 Å². The molecule has 0 aromatic carbocycles. The van der Waals surface area contributed by atoms with Crippen molar-refractivity contribution in [2.24, 2.45) is 0 Å². The third-order valence-electron chi connectivity index (χ3n) is 3.59. The maximum Gasteiger partial charge on any atom is 0.192 e.